The average Bonchev–Trinajstić information content (AvgIpc) is 2.32. The van der Waals surface area contributed by atoms with Gasteiger partial charge < -0.3 is 5.32 Å². The zero-order valence-electron chi connectivity index (χ0n) is 9.07. The highest BCUT2D eigenvalue weighted by molar-refractivity contribution is 6.33. The molecule has 0 spiro atoms. The van der Waals surface area contributed by atoms with Gasteiger partial charge >= 0.3 is 0 Å². The van der Waals surface area contributed by atoms with Gasteiger partial charge in [0, 0.05) is 11.9 Å². The number of nitrogens with one attached hydrogen (secondary N) is 1. The van der Waals surface area contributed by atoms with E-state index in [2.05, 4.69) is 29.4 Å². The Hall–Kier alpha value is -1.54. The van der Waals surface area contributed by atoms with Gasteiger partial charge in [0.15, 0.2) is 0 Å². The molecule has 0 amide bonds. The molecule has 0 fully saturated rings. The molecular weight excluding hydrogens is 220 g/mol. The van der Waals surface area contributed by atoms with Crippen LogP contribution in [0.25, 0.3) is 0 Å². The minimum Gasteiger partial charge on any atom is -0.339 e. The number of aromatic nitrogens is 1. The maximum absolute atomic E-state index is 6.02. The number of halogens is 1. The molecule has 2 nitrogen and oxygen atoms in total. The topological polar surface area (TPSA) is 24.9 Å². The largest absolute Gasteiger partial charge is 0.339 e. The van der Waals surface area contributed by atoms with Crippen molar-refractivity contribution < 1.29 is 0 Å². The van der Waals surface area contributed by atoms with Crippen molar-refractivity contribution in [1.82, 2.24) is 4.98 Å². The SMILES string of the molecule is CCc1cccc(Nc2ncccc2Cl)c1. The van der Waals surface area contributed by atoms with Crippen LogP contribution in [0.2, 0.25) is 5.02 Å². The lowest BCUT2D eigenvalue weighted by molar-refractivity contribution is 1.14. The molecule has 0 aliphatic rings. The molecular formula is C13H13ClN2. The highest BCUT2D eigenvalue weighted by atomic mass is 35.5. The summed E-state index contributed by atoms with van der Waals surface area (Å²) in [5.41, 5.74) is 2.30. The van der Waals surface area contributed by atoms with Crippen LogP contribution in [0.3, 0.4) is 0 Å². The minimum absolute atomic E-state index is 0.629. The van der Waals surface area contributed by atoms with Gasteiger partial charge in [-0.05, 0) is 36.2 Å². The smallest absolute Gasteiger partial charge is 0.149 e. The van der Waals surface area contributed by atoms with E-state index in [1.807, 2.05) is 24.3 Å². The maximum atomic E-state index is 6.02. The van der Waals surface area contributed by atoms with Gasteiger partial charge in [0.1, 0.15) is 5.82 Å². The molecule has 2 rings (SSSR count). The van der Waals surface area contributed by atoms with Crippen molar-refractivity contribution in [2.75, 3.05) is 5.32 Å². The lowest BCUT2D eigenvalue weighted by Gasteiger charge is -2.07. The number of hydrogen-bond acceptors (Lipinski definition) is 2. The Kier molecular flexibility index (Phi) is 3.42. The molecule has 1 heterocycles. The molecule has 82 valence electrons. The third-order valence-electron chi connectivity index (χ3n) is 2.36. The van der Waals surface area contributed by atoms with Gasteiger partial charge in [-0.2, -0.15) is 0 Å². The van der Waals surface area contributed by atoms with Crippen LogP contribution < -0.4 is 5.32 Å². The zero-order chi connectivity index (χ0) is 11.4. The van der Waals surface area contributed by atoms with Crippen LogP contribution in [0.15, 0.2) is 42.6 Å². The normalized spacial score (nSPS) is 10.1. The number of hydrogen-bond donors (Lipinski definition) is 1. The molecule has 0 aliphatic heterocycles. The summed E-state index contributed by atoms with van der Waals surface area (Å²) in [5, 5.41) is 3.83. The first-order chi connectivity index (χ1) is 7.79. The summed E-state index contributed by atoms with van der Waals surface area (Å²) in [6, 6.07) is 11.9. The van der Waals surface area contributed by atoms with E-state index in [9.17, 15) is 0 Å². The van der Waals surface area contributed by atoms with Crippen molar-refractivity contribution in [3.05, 3.63) is 53.2 Å². The number of aryl methyl sites for hydroxylation is 1. The predicted molar refractivity (Wildman–Crippen MR) is 68.3 cm³/mol. The van der Waals surface area contributed by atoms with Gasteiger partial charge in [0.2, 0.25) is 0 Å². The fraction of sp³-hybridized carbons (Fsp3) is 0.154. The molecule has 0 bridgehead atoms. The summed E-state index contributed by atoms with van der Waals surface area (Å²) < 4.78 is 0. The van der Waals surface area contributed by atoms with Crippen molar-refractivity contribution >= 4 is 23.1 Å². The van der Waals surface area contributed by atoms with Crippen molar-refractivity contribution in [2.24, 2.45) is 0 Å². The van der Waals surface area contributed by atoms with Crippen molar-refractivity contribution in [2.45, 2.75) is 13.3 Å². The molecule has 0 radical (unpaired) electrons. The number of pyridine rings is 1. The van der Waals surface area contributed by atoms with Crippen molar-refractivity contribution in [1.29, 1.82) is 0 Å². The number of rotatable bonds is 3. The van der Waals surface area contributed by atoms with Gasteiger partial charge in [0.05, 0.1) is 5.02 Å². The summed E-state index contributed by atoms with van der Waals surface area (Å²) in [6.45, 7) is 2.13. The van der Waals surface area contributed by atoms with Gasteiger partial charge in [-0.25, -0.2) is 4.98 Å². The number of nitrogens with zero attached hydrogens (tertiary/aromatic N) is 1. The van der Waals surface area contributed by atoms with Crippen LogP contribution in [-0.4, -0.2) is 4.98 Å². The van der Waals surface area contributed by atoms with Crippen LogP contribution in [0, 0.1) is 0 Å². The van der Waals surface area contributed by atoms with E-state index < -0.39 is 0 Å². The Morgan fingerprint density at radius 3 is 2.88 bits per heavy atom. The average molecular weight is 233 g/mol. The first-order valence-electron chi connectivity index (χ1n) is 5.26. The lowest BCUT2D eigenvalue weighted by atomic mass is 10.1. The fourth-order valence-corrected chi connectivity index (χ4v) is 1.65. The first kappa shape index (κ1) is 11.0. The van der Waals surface area contributed by atoms with Gasteiger partial charge in [-0.1, -0.05) is 30.7 Å². The van der Waals surface area contributed by atoms with Crippen LogP contribution >= 0.6 is 11.6 Å². The Labute approximate surface area is 100 Å². The summed E-state index contributed by atoms with van der Waals surface area (Å²) >= 11 is 6.02. The van der Waals surface area contributed by atoms with E-state index in [0.29, 0.717) is 10.8 Å². The van der Waals surface area contributed by atoms with E-state index in [-0.39, 0.29) is 0 Å². The van der Waals surface area contributed by atoms with Gasteiger partial charge in [-0.3, -0.25) is 0 Å². The molecule has 0 atom stereocenters. The monoisotopic (exact) mass is 232 g/mol. The maximum Gasteiger partial charge on any atom is 0.149 e. The summed E-state index contributed by atoms with van der Waals surface area (Å²) in [6.07, 6.45) is 2.74. The predicted octanol–water partition coefficient (Wildman–Crippen LogP) is 4.04. The summed E-state index contributed by atoms with van der Waals surface area (Å²) in [4.78, 5) is 4.19. The fourth-order valence-electron chi connectivity index (χ4n) is 1.48. The third kappa shape index (κ3) is 2.52. The quantitative estimate of drug-likeness (QED) is 0.864. The molecule has 0 unspecified atom stereocenters. The molecule has 0 aliphatic carbocycles. The second-order valence-corrected chi connectivity index (χ2v) is 3.92. The Morgan fingerprint density at radius 2 is 2.12 bits per heavy atom. The summed E-state index contributed by atoms with van der Waals surface area (Å²) in [7, 11) is 0. The first-order valence-corrected chi connectivity index (χ1v) is 5.64. The van der Waals surface area contributed by atoms with E-state index >= 15 is 0 Å². The Morgan fingerprint density at radius 1 is 1.25 bits per heavy atom. The molecule has 2 aromatic rings. The number of benzene rings is 1. The molecule has 0 saturated carbocycles. The van der Waals surface area contributed by atoms with Crippen LogP contribution in [0.1, 0.15) is 12.5 Å². The third-order valence-corrected chi connectivity index (χ3v) is 2.66. The molecule has 1 N–H and O–H groups in total. The summed E-state index contributed by atoms with van der Waals surface area (Å²) in [5.74, 6) is 0.692. The van der Waals surface area contributed by atoms with Crippen LogP contribution in [0.5, 0.6) is 0 Å². The second-order valence-electron chi connectivity index (χ2n) is 3.51. The second kappa shape index (κ2) is 4.99. The van der Waals surface area contributed by atoms with Crippen LogP contribution in [0.4, 0.5) is 11.5 Å². The molecule has 1 aromatic heterocycles. The van der Waals surface area contributed by atoms with Crippen molar-refractivity contribution in [3.8, 4) is 0 Å². The Bertz CT molecular complexity index is 483. The standard InChI is InChI=1S/C13H13ClN2/c1-2-10-5-3-6-11(9-10)16-13-12(14)7-4-8-15-13/h3-9H,2H2,1H3,(H,15,16). The van der Waals surface area contributed by atoms with E-state index in [0.717, 1.165) is 12.1 Å². The van der Waals surface area contributed by atoms with Gasteiger partial charge in [0.25, 0.3) is 0 Å². The molecule has 16 heavy (non-hydrogen) atoms. The molecule has 0 saturated heterocycles. The number of anilines is 2. The highest BCUT2D eigenvalue weighted by Gasteiger charge is 2.00. The van der Waals surface area contributed by atoms with Gasteiger partial charge in [-0.15, -0.1) is 0 Å². The minimum atomic E-state index is 0.629. The lowest BCUT2D eigenvalue weighted by Crippen LogP contribution is -1.94. The Balaban J connectivity index is 2.24. The molecule has 3 heteroatoms. The van der Waals surface area contributed by atoms with E-state index in [1.165, 1.54) is 5.56 Å². The molecule has 1 aromatic carbocycles. The van der Waals surface area contributed by atoms with E-state index in [1.54, 1.807) is 6.20 Å². The van der Waals surface area contributed by atoms with Crippen LogP contribution in [-0.2, 0) is 6.42 Å². The zero-order valence-corrected chi connectivity index (χ0v) is 9.83. The van der Waals surface area contributed by atoms with E-state index in [4.69, 9.17) is 11.6 Å². The highest BCUT2D eigenvalue weighted by Crippen LogP contribution is 2.22. The van der Waals surface area contributed by atoms with Crippen molar-refractivity contribution in [3.63, 3.8) is 0 Å².